The van der Waals surface area contributed by atoms with Gasteiger partial charge < -0.3 is 33.8 Å². The van der Waals surface area contributed by atoms with Gasteiger partial charge in [0.1, 0.15) is 19.3 Å². The third-order valence-electron chi connectivity index (χ3n) is 17.4. The highest BCUT2D eigenvalue weighted by Gasteiger charge is 2.30. The number of ether oxygens (including phenoxy) is 4. The Labute approximate surface area is 556 Å². The van der Waals surface area contributed by atoms with Gasteiger partial charge in [-0.05, 0) is 37.5 Å². The molecule has 0 aliphatic carbocycles. The van der Waals surface area contributed by atoms with Crippen molar-refractivity contribution in [2.24, 2.45) is 11.8 Å². The molecule has 17 nitrogen and oxygen atoms in total. The van der Waals surface area contributed by atoms with Gasteiger partial charge in [0.25, 0.3) is 0 Å². The summed E-state index contributed by atoms with van der Waals surface area (Å²) in [4.78, 5) is 72.6. The van der Waals surface area contributed by atoms with Crippen molar-refractivity contribution in [1.82, 2.24) is 0 Å². The first-order valence-electron chi connectivity index (χ1n) is 37.6. The van der Waals surface area contributed by atoms with Crippen molar-refractivity contribution in [2.45, 2.75) is 387 Å². The van der Waals surface area contributed by atoms with Crippen molar-refractivity contribution in [2.75, 3.05) is 39.6 Å². The van der Waals surface area contributed by atoms with Crippen molar-refractivity contribution in [3.8, 4) is 0 Å². The van der Waals surface area contributed by atoms with E-state index in [0.29, 0.717) is 25.7 Å². The number of phosphoric ester groups is 2. The number of phosphoric acid groups is 2. The first-order chi connectivity index (χ1) is 43.9. The van der Waals surface area contributed by atoms with Crippen LogP contribution in [0, 0.1) is 11.8 Å². The number of hydrogen-bond donors (Lipinski definition) is 3. The van der Waals surface area contributed by atoms with E-state index in [9.17, 15) is 43.2 Å². The van der Waals surface area contributed by atoms with E-state index < -0.39 is 97.5 Å². The number of carbonyl (C=O) groups excluding carboxylic acids is 4. The molecule has 7 atom stereocenters. The Hall–Kier alpha value is -1.94. The van der Waals surface area contributed by atoms with Crippen LogP contribution in [0.1, 0.15) is 369 Å². The molecule has 4 unspecified atom stereocenters. The molecule has 0 rings (SSSR count). The fourth-order valence-electron chi connectivity index (χ4n) is 10.9. The van der Waals surface area contributed by atoms with E-state index in [1.165, 1.54) is 180 Å². The van der Waals surface area contributed by atoms with Crippen molar-refractivity contribution >= 4 is 39.5 Å². The highest BCUT2D eigenvalue weighted by atomic mass is 31.2. The van der Waals surface area contributed by atoms with Gasteiger partial charge in [-0.2, -0.15) is 0 Å². The SMILES string of the molecule is CCCCCCCCCCCCCCCCCCCC(=O)O[C@H](COC(=O)CCCCCCCCCCCCC(C)CC)COP(=O)(O)OC[C@@H](O)COP(=O)(O)OC[C@@H](COC(=O)CCCCCCCCCC)OC(=O)CCCCCCCCCCC(C)CC. The fourth-order valence-corrected chi connectivity index (χ4v) is 12.5. The second kappa shape index (κ2) is 64.1. The summed E-state index contributed by atoms with van der Waals surface area (Å²) >= 11 is 0. The summed E-state index contributed by atoms with van der Waals surface area (Å²) in [6, 6.07) is 0. The largest absolute Gasteiger partial charge is 0.472 e. The summed E-state index contributed by atoms with van der Waals surface area (Å²) in [6.45, 7) is 9.57. The van der Waals surface area contributed by atoms with E-state index in [4.69, 9.17) is 37.0 Å². The molecule has 91 heavy (non-hydrogen) atoms. The molecule has 540 valence electrons. The minimum atomic E-state index is -4.95. The van der Waals surface area contributed by atoms with Gasteiger partial charge in [0, 0.05) is 25.7 Å². The second-order valence-corrected chi connectivity index (χ2v) is 29.4. The molecule has 0 aliphatic rings. The summed E-state index contributed by atoms with van der Waals surface area (Å²) in [5.41, 5.74) is 0. The van der Waals surface area contributed by atoms with Crippen molar-refractivity contribution in [1.29, 1.82) is 0 Å². The van der Waals surface area contributed by atoms with E-state index >= 15 is 0 Å². The van der Waals surface area contributed by atoms with Crippen LogP contribution in [0.5, 0.6) is 0 Å². The summed E-state index contributed by atoms with van der Waals surface area (Å²) in [5, 5.41) is 10.6. The Morgan fingerprint density at radius 1 is 0.308 bits per heavy atom. The zero-order chi connectivity index (χ0) is 67.2. The van der Waals surface area contributed by atoms with E-state index in [-0.39, 0.29) is 25.7 Å². The van der Waals surface area contributed by atoms with E-state index in [0.717, 1.165) is 108 Å². The molecule has 0 heterocycles. The van der Waals surface area contributed by atoms with E-state index in [1.54, 1.807) is 0 Å². The summed E-state index contributed by atoms with van der Waals surface area (Å²) in [6.07, 6.45) is 49.9. The molecule has 0 aliphatic heterocycles. The first-order valence-corrected chi connectivity index (χ1v) is 40.6. The zero-order valence-electron chi connectivity index (χ0n) is 59.1. The molecular formula is C72H140O17P2. The van der Waals surface area contributed by atoms with Gasteiger partial charge in [-0.3, -0.25) is 37.3 Å². The van der Waals surface area contributed by atoms with Crippen molar-refractivity contribution < 1.29 is 80.2 Å². The van der Waals surface area contributed by atoms with Crippen LogP contribution < -0.4 is 0 Å². The monoisotopic (exact) mass is 1340 g/mol. The lowest BCUT2D eigenvalue weighted by Crippen LogP contribution is -2.30. The number of esters is 4. The Bertz CT molecular complexity index is 1770. The molecule has 0 saturated carbocycles. The van der Waals surface area contributed by atoms with Gasteiger partial charge in [-0.25, -0.2) is 9.13 Å². The van der Waals surface area contributed by atoms with Crippen LogP contribution in [0.3, 0.4) is 0 Å². The molecule has 0 bridgehead atoms. The van der Waals surface area contributed by atoms with Gasteiger partial charge in [0.2, 0.25) is 0 Å². The Balaban J connectivity index is 5.23. The maximum atomic E-state index is 13.0. The number of unbranched alkanes of at least 4 members (excludes halogenated alkanes) is 39. The zero-order valence-corrected chi connectivity index (χ0v) is 60.9. The number of rotatable bonds is 71. The lowest BCUT2D eigenvalue weighted by molar-refractivity contribution is -0.161. The van der Waals surface area contributed by atoms with Gasteiger partial charge in [-0.1, -0.05) is 318 Å². The lowest BCUT2D eigenvalue weighted by Gasteiger charge is -2.21. The third-order valence-corrected chi connectivity index (χ3v) is 19.3. The van der Waals surface area contributed by atoms with Crippen molar-refractivity contribution in [3.05, 3.63) is 0 Å². The van der Waals surface area contributed by atoms with E-state index in [1.807, 2.05) is 0 Å². The average molecular weight is 1340 g/mol. The molecule has 0 spiro atoms. The molecule has 0 radical (unpaired) electrons. The maximum absolute atomic E-state index is 13.0. The molecule has 0 amide bonds. The molecule has 0 aromatic carbocycles. The van der Waals surface area contributed by atoms with Crippen molar-refractivity contribution in [3.63, 3.8) is 0 Å². The number of carbonyl (C=O) groups is 4. The van der Waals surface area contributed by atoms with E-state index in [2.05, 4.69) is 41.5 Å². The number of aliphatic hydroxyl groups is 1. The van der Waals surface area contributed by atoms with Crippen LogP contribution in [0.15, 0.2) is 0 Å². The van der Waals surface area contributed by atoms with Crippen LogP contribution in [0.25, 0.3) is 0 Å². The normalized spacial score (nSPS) is 14.7. The summed E-state index contributed by atoms with van der Waals surface area (Å²) in [7, 11) is -9.90. The Morgan fingerprint density at radius 3 is 0.780 bits per heavy atom. The molecule has 19 heteroatoms. The van der Waals surface area contributed by atoms with Gasteiger partial charge in [-0.15, -0.1) is 0 Å². The average Bonchev–Trinajstić information content (AvgIpc) is 3.73. The predicted octanol–water partition coefficient (Wildman–Crippen LogP) is 20.8. The van der Waals surface area contributed by atoms with Crippen LogP contribution in [-0.4, -0.2) is 96.7 Å². The summed E-state index contributed by atoms with van der Waals surface area (Å²) in [5.74, 6) is -0.545. The highest BCUT2D eigenvalue weighted by molar-refractivity contribution is 7.47. The molecule has 0 fully saturated rings. The molecule has 0 saturated heterocycles. The quantitative estimate of drug-likeness (QED) is 0.0222. The molecular weight excluding hydrogens is 1200 g/mol. The molecule has 3 N–H and O–H groups in total. The fraction of sp³-hybridized carbons (Fsp3) is 0.944. The third kappa shape index (κ3) is 63.9. The topological polar surface area (TPSA) is 237 Å². The Morgan fingerprint density at radius 2 is 0.527 bits per heavy atom. The second-order valence-electron chi connectivity index (χ2n) is 26.5. The number of aliphatic hydroxyl groups excluding tert-OH is 1. The Kier molecular flexibility index (Phi) is 62.7. The predicted molar refractivity (Wildman–Crippen MR) is 368 cm³/mol. The smallest absolute Gasteiger partial charge is 0.462 e. The van der Waals surface area contributed by atoms with Gasteiger partial charge in [0.15, 0.2) is 12.2 Å². The first kappa shape index (κ1) is 89.1. The molecule has 0 aromatic heterocycles. The minimum absolute atomic E-state index is 0.105. The van der Waals surface area contributed by atoms with Crippen LogP contribution in [0.4, 0.5) is 0 Å². The molecule has 0 aromatic rings. The highest BCUT2D eigenvalue weighted by Crippen LogP contribution is 2.45. The minimum Gasteiger partial charge on any atom is -0.462 e. The van der Waals surface area contributed by atoms with Gasteiger partial charge >= 0.3 is 39.5 Å². The van der Waals surface area contributed by atoms with Gasteiger partial charge in [0.05, 0.1) is 26.4 Å². The van der Waals surface area contributed by atoms with Crippen LogP contribution in [0.2, 0.25) is 0 Å². The van der Waals surface area contributed by atoms with Crippen LogP contribution in [-0.2, 0) is 65.4 Å². The maximum Gasteiger partial charge on any atom is 0.472 e. The standard InChI is InChI=1S/C72H140O17P2/c1-7-11-13-15-17-19-20-21-22-23-24-25-26-31-38-44-50-56-71(76)88-68(61-83-70(75)55-49-43-37-30-28-27-29-34-40-46-52-64(5)9-3)63-87-91(80,81)85-59-66(73)58-84-90(78,79)86-62-67(60-82-69(74)54-48-42-36-18-16-14-12-8-2)89-72(77)57-51-45-39-33-32-35-41-47-53-65(6)10-4/h64-68,73H,7-63H2,1-6H3,(H,78,79)(H,80,81)/t64?,65?,66-,67+,68+/m0/s1. The van der Waals surface area contributed by atoms with Crippen LogP contribution >= 0.6 is 15.6 Å². The summed E-state index contributed by atoms with van der Waals surface area (Å²) < 4.78 is 68.3. The number of hydrogen-bond acceptors (Lipinski definition) is 15. The lowest BCUT2D eigenvalue weighted by atomic mass is 9.99.